The van der Waals surface area contributed by atoms with E-state index in [0.29, 0.717) is 17.9 Å². The summed E-state index contributed by atoms with van der Waals surface area (Å²) in [5.74, 6) is -0.359. The average molecular weight is 513 g/mol. The highest BCUT2D eigenvalue weighted by Gasteiger charge is 2.34. The molecule has 7 nitrogen and oxygen atoms in total. The molecule has 1 aliphatic rings. The lowest BCUT2D eigenvalue weighted by molar-refractivity contribution is -0.137. The molecule has 12 heteroatoms. The number of carbonyl (C=O) groups excluding carboxylic acids is 2. The second kappa shape index (κ2) is 10.9. The molecule has 0 aliphatic carbocycles. The van der Waals surface area contributed by atoms with Crippen LogP contribution in [-0.2, 0) is 15.8 Å². The zero-order valence-corrected chi connectivity index (χ0v) is 19.6. The first-order valence-electron chi connectivity index (χ1n) is 10.0. The van der Waals surface area contributed by atoms with E-state index in [1.807, 2.05) is 19.1 Å². The second-order valence-corrected chi connectivity index (χ2v) is 8.67. The molecule has 0 spiro atoms. The number of anilines is 1. The lowest BCUT2D eigenvalue weighted by atomic mass is 10.1. The number of benzene rings is 2. The predicted octanol–water partition coefficient (Wildman–Crippen LogP) is 5.10. The number of amides is 2. The maximum absolute atomic E-state index is 13.0. The van der Waals surface area contributed by atoms with Gasteiger partial charge in [0.25, 0.3) is 0 Å². The summed E-state index contributed by atoms with van der Waals surface area (Å²) < 4.78 is 44.1. The van der Waals surface area contributed by atoms with E-state index in [0.717, 1.165) is 29.5 Å². The molecule has 1 aliphatic heterocycles. The third-order valence-corrected chi connectivity index (χ3v) is 6.12. The number of thioether (sulfide) groups is 1. The number of alkyl halides is 3. The number of hydrogen-bond acceptors (Lipinski definition) is 6. The maximum atomic E-state index is 13.0. The molecule has 2 amide bonds. The van der Waals surface area contributed by atoms with Gasteiger partial charge in [0.05, 0.1) is 23.4 Å². The van der Waals surface area contributed by atoms with Crippen LogP contribution in [0.1, 0.15) is 30.9 Å². The van der Waals surface area contributed by atoms with Gasteiger partial charge in [-0.05, 0) is 54.4 Å². The highest BCUT2D eigenvalue weighted by atomic mass is 35.5. The van der Waals surface area contributed by atoms with E-state index in [4.69, 9.17) is 16.3 Å². The molecule has 1 fully saturated rings. The van der Waals surface area contributed by atoms with Gasteiger partial charge >= 0.3 is 6.18 Å². The van der Waals surface area contributed by atoms with Gasteiger partial charge in [-0.15, -0.1) is 5.10 Å². The minimum absolute atomic E-state index is 0.0734. The molecular weight excluding hydrogens is 493 g/mol. The molecule has 1 saturated heterocycles. The van der Waals surface area contributed by atoms with Gasteiger partial charge in [-0.2, -0.15) is 18.3 Å². The number of methoxy groups -OCH3 is 1. The van der Waals surface area contributed by atoms with Crippen molar-refractivity contribution in [2.75, 3.05) is 12.4 Å². The van der Waals surface area contributed by atoms with Gasteiger partial charge < -0.3 is 15.4 Å². The van der Waals surface area contributed by atoms with Crippen LogP contribution in [0.25, 0.3) is 0 Å². The van der Waals surface area contributed by atoms with Crippen LogP contribution >= 0.6 is 23.4 Å². The highest BCUT2D eigenvalue weighted by Crippen LogP contribution is 2.36. The molecule has 0 radical (unpaired) electrons. The molecule has 2 aromatic rings. The first-order chi connectivity index (χ1) is 16.1. The minimum atomic E-state index is -4.66. The fourth-order valence-electron chi connectivity index (χ4n) is 3.01. The van der Waals surface area contributed by atoms with Gasteiger partial charge in [0.2, 0.25) is 11.8 Å². The molecule has 1 unspecified atom stereocenters. The molecule has 2 aromatic carbocycles. The Kier molecular flexibility index (Phi) is 8.21. The molecule has 1 heterocycles. The summed E-state index contributed by atoms with van der Waals surface area (Å²) in [6.45, 7) is 1.91. The third kappa shape index (κ3) is 6.51. The quantitative estimate of drug-likeness (QED) is 0.399. The Morgan fingerprint density at radius 3 is 2.56 bits per heavy atom. The summed E-state index contributed by atoms with van der Waals surface area (Å²) >= 11 is 6.61. The van der Waals surface area contributed by atoms with Crippen LogP contribution in [0.5, 0.6) is 5.75 Å². The molecule has 0 aromatic heterocycles. The van der Waals surface area contributed by atoms with Crippen LogP contribution in [-0.4, -0.2) is 35.1 Å². The lowest BCUT2D eigenvalue weighted by Gasteiger charge is -2.12. The summed E-state index contributed by atoms with van der Waals surface area (Å²) in [6.07, 6.45) is -4.33. The van der Waals surface area contributed by atoms with Gasteiger partial charge in [-0.3, -0.25) is 9.59 Å². The SMILES string of the molecule is CC/C(=N\N=C1\NC(=O)C(CC(=O)Nc2ccc(Cl)c(C(F)(F)F)c2)S1)c1ccc(OC)cc1. The summed E-state index contributed by atoms with van der Waals surface area (Å²) in [6, 6.07) is 10.3. The zero-order valence-electron chi connectivity index (χ0n) is 18.1. The number of nitrogens with one attached hydrogen (secondary N) is 2. The number of halogens is 4. The largest absolute Gasteiger partial charge is 0.497 e. The monoisotopic (exact) mass is 512 g/mol. The van der Waals surface area contributed by atoms with E-state index < -0.39 is 33.8 Å². The van der Waals surface area contributed by atoms with Gasteiger partial charge in [0, 0.05) is 12.1 Å². The first kappa shape index (κ1) is 25.6. The molecule has 180 valence electrons. The Labute approximate surface area is 202 Å². The van der Waals surface area contributed by atoms with Crippen LogP contribution in [0.15, 0.2) is 52.7 Å². The number of rotatable bonds is 7. The van der Waals surface area contributed by atoms with E-state index in [2.05, 4.69) is 20.8 Å². The van der Waals surface area contributed by atoms with E-state index in [-0.39, 0.29) is 17.3 Å². The van der Waals surface area contributed by atoms with Crippen molar-refractivity contribution in [3.05, 3.63) is 58.6 Å². The zero-order chi connectivity index (χ0) is 24.9. The number of nitrogens with zero attached hydrogens (tertiary/aromatic N) is 2. The van der Waals surface area contributed by atoms with Crippen molar-refractivity contribution in [1.82, 2.24) is 5.32 Å². The van der Waals surface area contributed by atoms with E-state index in [1.165, 1.54) is 6.07 Å². The fraction of sp³-hybridized carbons (Fsp3) is 0.273. The molecule has 0 saturated carbocycles. The molecular formula is C22H20ClF3N4O3S. The number of carbonyl (C=O) groups is 2. The van der Waals surface area contributed by atoms with Crippen LogP contribution in [0.3, 0.4) is 0 Å². The van der Waals surface area contributed by atoms with Crippen molar-refractivity contribution >= 4 is 51.7 Å². The lowest BCUT2D eigenvalue weighted by Crippen LogP contribution is -2.28. The van der Waals surface area contributed by atoms with Crippen LogP contribution in [0.2, 0.25) is 5.02 Å². The maximum Gasteiger partial charge on any atom is 0.417 e. The van der Waals surface area contributed by atoms with Gasteiger partial charge in [0.1, 0.15) is 11.0 Å². The minimum Gasteiger partial charge on any atom is -0.497 e. The van der Waals surface area contributed by atoms with Crippen molar-refractivity contribution in [2.45, 2.75) is 31.2 Å². The average Bonchev–Trinajstić information content (AvgIpc) is 3.14. The highest BCUT2D eigenvalue weighted by molar-refractivity contribution is 8.15. The predicted molar refractivity (Wildman–Crippen MR) is 126 cm³/mol. The first-order valence-corrected chi connectivity index (χ1v) is 11.3. The van der Waals surface area contributed by atoms with Crippen molar-refractivity contribution in [1.29, 1.82) is 0 Å². The van der Waals surface area contributed by atoms with E-state index in [1.54, 1.807) is 19.2 Å². The van der Waals surface area contributed by atoms with Gasteiger partial charge in [0.15, 0.2) is 5.17 Å². The summed E-state index contributed by atoms with van der Waals surface area (Å²) in [4.78, 5) is 24.6. The molecule has 0 bridgehead atoms. The number of amidine groups is 1. The standard InChI is InChI=1S/C22H20ClF3N4O3S/c1-3-17(12-4-7-14(33-2)8-5-12)29-30-21-28-20(32)18(34-21)11-19(31)27-13-6-9-16(23)15(10-13)22(24,25)26/h4-10,18H,3,11H2,1-2H3,(H,27,31)(H,28,30,32)/b29-17+. The second-order valence-electron chi connectivity index (χ2n) is 7.07. The van der Waals surface area contributed by atoms with Crippen LogP contribution in [0.4, 0.5) is 18.9 Å². The Bertz CT molecular complexity index is 1140. The normalized spacial score (nSPS) is 17.6. The Morgan fingerprint density at radius 2 is 1.94 bits per heavy atom. The van der Waals surface area contributed by atoms with Crippen molar-refractivity contribution < 1.29 is 27.5 Å². The Balaban J connectivity index is 1.64. The van der Waals surface area contributed by atoms with Crippen molar-refractivity contribution in [3.63, 3.8) is 0 Å². The Hall–Kier alpha value is -3.05. The molecule has 34 heavy (non-hydrogen) atoms. The molecule has 1 atom stereocenters. The summed E-state index contributed by atoms with van der Waals surface area (Å²) in [5.41, 5.74) is 0.403. The molecule has 3 rings (SSSR count). The van der Waals surface area contributed by atoms with Crippen LogP contribution < -0.4 is 15.4 Å². The Morgan fingerprint density at radius 1 is 1.24 bits per heavy atom. The van der Waals surface area contributed by atoms with E-state index >= 15 is 0 Å². The van der Waals surface area contributed by atoms with Gasteiger partial charge in [-0.1, -0.05) is 30.3 Å². The number of ether oxygens (including phenoxy) is 1. The van der Waals surface area contributed by atoms with Gasteiger partial charge in [-0.25, -0.2) is 0 Å². The smallest absolute Gasteiger partial charge is 0.417 e. The summed E-state index contributed by atoms with van der Waals surface area (Å²) in [7, 11) is 1.57. The third-order valence-electron chi connectivity index (χ3n) is 4.72. The van der Waals surface area contributed by atoms with Crippen molar-refractivity contribution in [3.8, 4) is 5.75 Å². The topological polar surface area (TPSA) is 92.2 Å². The van der Waals surface area contributed by atoms with Crippen molar-refractivity contribution in [2.24, 2.45) is 10.2 Å². The number of hydrogen-bond donors (Lipinski definition) is 2. The van der Waals surface area contributed by atoms with E-state index in [9.17, 15) is 22.8 Å². The van der Waals surface area contributed by atoms with Crippen LogP contribution in [0, 0.1) is 0 Å². The molecule has 2 N–H and O–H groups in total. The fourth-order valence-corrected chi connectivity index (χ4v) is 4.15. The summed E-state index contributed by atoms with van der Waals surface area (Å²) in [5, 5.41) is 12.2.